The summed E-state index contributed by atoms with van der Waals surface area (Å²) in [7, 11) is 0. The Kier molecular flexibility index (Phi) is 7.26. The average Bonchev–Trinajstić information content (AvgIpc) is 2.75. The van der Waals surface area contributed by atoms with E-state index in [1.165, 1.54) is 0 Å². The van der Waals surface area contributed by atoms with E-state index in [0.29, 0.717) is 22.8 Å². The topological polar surface area (TPSA) is 55.4 Å². The van der Waals surface area contributed by atoms with Crippen LogP contribution in [0.4, 0.5) is 5.69 Å². The van der Waals surface area contributed by atoms with Gasteiger partial charge in [0.1, 0.15) is 0 Å². The number of benzene rings is 3. The molecule has 0 aliphatic rings. The minimum atomic E-state index is -0.354. The number of hydrogen-bond acceptors (Lipinski definition) is 4. The van der Waals surface area contributed by atoms with Gasteiger partial charge in [-0.1, -0.05) is 53.6 Å². The van der Waals surface area contributed by atoms with Gasteiger partial charge >= 0.3 is 5.97 Å². The highest BCUT2D eigenvalue weighted by Gasteiger charge is 2.18. The molecule has 3 rings (SSSR count). The fourth-order valence-corrected chi connectivity index (χ4v) is 3.23. The number of carbonyl (C=O) groups is 2. The largest absolute Gasteiger partial charge is 0.462 e. The molecule has 0 radical (unpaired) electrons. The molecule has 0 saturated carbocycles. The zero-order chi connectivity index (χ0) is 21.5. The van der Waals surface area contributed by atoms with Gasteiger partial charge in [-0.25, -0.2) is 4.79 Å². The van der Waals surface area contributed by atoms with Gasteiger partial charge < -0.3 is 10.1 Å². The van der Waals surface area contributed by atoms with E-state index in [4.69, 9.17) is 16.3 Å². The molecule has 1 atom stereocenters. The molecule has 0 bridgehead atoms. The second-order valence-electron chi connectivity index (χ2n) is 7.04. The third-order valence-electron chi connectivity index (χ3n) is 4.77. The van der Waals surface area contributed by atoms with Crippen LogP contribution in [0.3, 0.4) is 0 Å². The minimum absolute atomic E-state index is 0.0468. The number of rotatable bonds is 8. The van der Waals surface area contributed by atoms with Crippen molar-refractivity contribution in [3.63, 3.8) is 0 Å². The molecule has 30 heavy (non-hydrogen) atoms. The summed E-state index contributed by atoms with van der Waals surface area (Å²) >= 11 is 6.03. The Hall–Kier alpha value is -3.11. The summed E-state index contributed by atoms with van der Waals surface area (Å²) in [6.45, 7) is 4.10. The molecule has 1 N–H and O–H groups in total. The number of Topliss-reactive ketones (excluding diaryl/α,β-unsaturated/α-hetero) is 1. The molecule has 5 heteroatoms. The molecular formula is C25H24ClNO3. The second-order valence-corrected chi connectivity index (χ2v) is 7.48. The van der Waals surface area contributed by atoms with Crippen LogP contribution in [0.1, 0.15) is 51.2 Å². The maximum absolute atomic E-state index is 12.9. The fourth-order valence-electron chi connectivity index (χ4n) is 3.11. The lowest BCUT2D eigenvalue weighted by Crippen LogP contribution is -2.16. The molecule has 0 spiro atoms. The van der Waals surface area contributed by atoms with Crippen LogP contribution in [-0.4, -0.2) is 18.4 Å². The lowest BCUT2D eigenvalue weighted by atomic mass is 9.97. The number of ether oxygens (including phenoxy) is 1. The first kappa shape index (κ1) is 21.6. The van der Waals surface area contributed by atoms with E-state index in [0.717, 1.165) is 16.8 Å². The van der Waals surface area contributed by atoms with E-state index in [9.17, 15) is 9.59 Å². The molecule has 0 fully saturated rings. The van der Waals surface area contributed by atoms with E-state index in [1.54, 1.807) is 19.1 Å². The van der Waals surface area contributed by atoms with Crippen molar-refractivity contribution in [3.05, 3.63) is 100 Å². The SMILES string of the molecule is CCOC(=O)c1ccc(NC(CC(=O)c2ccc(C)cc2)c2ccc(Cl)cc2)cc1. The molecule has 0 aliphatic carbocycles. The van der Waals surface area contributed by atoms with Crippen LogP contribution in [-0.2, 0) is 4.74 Å². The van der Waals surface area contributed by atoms with Crippen molar-refractivity contribution in [2.45, 2.75) is 26.3 Å². The van der Waals surface area contributed by atoms with Crippen molar-refractivity contribution >= 4 is 29.0 Å². The Morgan fingerprint density at radius 3 is 2.10 bits per heavy atom. The maximum Gasteiger partial charge on any atom is 0.338 e. The van der Waals surface area contributed by atoms with Crippen molar-refractivity contribution in [1.29, 1.82) is 0 Å². The van der Waals surface area contributed by atoms with Crippen LogP contribution in [0.15, 0.2) is 72.8 Å². The number of aryl methyl sites for hydroxylation is 1. The van der Waals surface area contributed by atoms with Crippen LogP contribution in [0.25, 0.3) is 0 Å². The van der Waals surface area contributed by atoms with Gasteiger partial charge in [-0.05, 0) is 55.8 Å². The zero-order valence-electron chi connectivity index (χ0n) is 17.0. The summed E-state index contributed by atoms with van der Waals surface area (Å²) in [6.07, 6.45) is 0.282. The summed E-state index contributed by atoms with van der Waals surface area (Å²) in [4.78, 5) is 24.7. The number of anilines is 1. The van der Waals surface area contributed by atoms with E-state index < -0.39 is 0 Å². The standard InChI is InChI=1S/C25H24ClNO3/c1-3-30-25(29)20-10-14-22(15-11-20)27-23(18-8-12-21(26)13-9-18)16-24(28)19-6-4-17(2)5-7-19/h4-15,23,27H,3,16H2,1-2H3. The van der Waals surface area contributed by atoms with Crippen LogP contribution in [0, 0.1) is 6.92 Å². The highest BCUT2D eigenvalue weighted by molar-refractivity contribution is 6.30. The Morgan fingerprint density at radius 1 is 0.900 bits per heavy atom. The minimum Gasteiger partial charge on any atom is -0.462 e. The summed E-state index contributed by atoms with van der Waals surface area (Å²) in [5, 5.41) is 4.05. The molecule has 0 aliphatic heterocycles. The third kappa shape index (κ3) is 5.71. The molecule has 0 heterocycles. The second kappa shape index (κ2) is 10.1. The molecular weight excluding hydrogens is 398 g/mol. The first-order valence-electron chi connectivity index (χ1n) is 9.85. The fraction of sp³-hybridized carbons (Fsp3) is 0.200. The van der Waals surface area contributed by atoms with Gasteiger partial charge in [0.25, 0.3) is 0 Å². The predicted octanol–water partition coefficient (Wildman–Crippen LogP) is 6.25. The Morgan fingerprint density at radius 2 is 1.50 bits per heavy atom. The van der Waals surface area contributed by atoms with Gasteiger partial charge in [-0.2, -0.15) is 0 Å². The van der Waals surface area contributed by atoms with Crippen molar-refractivity contribution in [2.24, 2.45) is 0 Å². The van der Waals surface area contributed by atoms with Crippen molar-refractivity contribution in [2.75, 3.05) is 11.9 Å². The Balaban J connectivity index is 1.81. The number of ketones is 1. The monoisotopic (exact) mass is 421 g/mol. The van der Waals surface area contributed by atoms with Crippen molar-refractivity contribution in [3.8, 4) is 0 Å². The highest BCUT2D eigenvalue weighted by Crippen LogP contribution is 2.26. The van der Waals surface area contributed by atoms with Crippen LogP contribution in [0.5, 0.6) is 0 Å². The predicted molar refractivity (Wildman–Crippen MR) is 120 cm³/mol. The summed E-state index contributed by atoms with van der Waals surface area (Å²) in [5.41, 5.74) is 4.04. The first-order chi connectivity index (χ1) is 14.5. The lowest BCUT2D eigenvalue weighted by molar-refractivity contribution is 0.0526. The third-order valence-corrected chi connectivity index (χ3v) is 5.02. The molecule has 4 nitrogen and oxygen atoms in total. The van der Waals surface area contributed by atoms with Gasteiger partial charge in [-0.15, -0.1) is 0 Å². The van der Waals surface area contributed by atoms with Crippen molar-refractivity contribution in [1.82, 2.24) is 0 Å². The van der Waals surface area contributed by atoms with Gasteiger partial charge in [0.2, 0.25) is 0 Å². The smallest absolute Gasteiger partial charge is 0.338 e. The van der Waals surface area contributed by atoms with Gasteiger partial charge in [0, 0.05) is 22.7 Å². The van der Waals surface area contributed by atoms with Crippen LogP contribution >= 0.6 is 11.6 Å². The molecule has 0 aromatic heterocycles. The number of nitrogens with one attached hydrogen (secondary N) is 1. The Bertz CT molecular complexity index is 996. The number of hydrogen-bond donors (Lipinski definition) is 1. The average molecular weight is 422 g/mol. The summed E-state index contributed by atoms with van der Waals surface area (Å²) < 4.78 is 5.02. The van der Waals surface area contributed by atoms with Crippen molar-refractivity contribution < 1.29 is 14.3 Å². The summed E-state index contributed by atoms with van der Waals surface area (Å²) in [5.74, 6) is -0.307. The Labute approximate surface area is 181 Å². The number of halogens is 1. The van der Waals surface area contributed by atoms with E-state index in [2.05, 4.69) is 5.32 Å². The van der Waals surface area contributed by atoms with Gasteiger partial charge in [0.15, 0.2) is 5.78 Å². The maximum atomic E-state index is 12.9. The van der Waals surface area contributed by atoms with E-state index in [-0.39, 0.29) is 24.2 Å². The van der Waals surface area contributed by atoms with Crippen LogP contribution < -0.4 is 5.32 Å². The molecule has 0 saturated heterocycles. The first-order valence-corrected chi connectivity index (χ1v) is 10.2. The van der Waals surface area contributed by atoms with Gasteiger partial charge in [0.05, 0.1) is 18.2 Å². The number of carbonyl (C=O) groups excluding carboxylic acids is 2. The quantitative estimate of drug-likeness (QED) is 0.345. The van der Waals surface area contributed by atoms with Crippen LogP contribution in [0.2, 0.25) is 5.02 Å². The highest BCUT2D eigenvalue weighted by atomic mass is 35.5. The number of esters is 1. The summed E-state index contributed by atoms with van der Waals surface area (Å²) in [6, 6.07) is 21.8. The molecule has 3 aromatic rings. The normalized spacial score (nSPS) is 11.6. The molecule has 0 amide bonds. The zero-order valence-corrected chi connectivity index (χ0v) is 17.8. The van der Waals surface area contributed by atoms with Gasteiger partial charge in [-0.3, -0.25) is 4.79 Å². The molecule has 1 unspecified atom stereocenters. The molecule has 3 aromatic carbocycles. The lowest BCUT2D eigenvalue weighted by Gasteiger charge is -2.20. The van der Waals surface area contributed by atoms with E-state index in [1.807, 2.05) is 67.6 Å². The van der Waals surface area contributed by atoms with E-state index >= 15 is 0 Å². The molecule has 154 valence electrons.